The minimum absolute atomic E-state index is 0.187. The Kier molecular flexibility index (Phi) is 6.02. The number of aromatic nitrogens is 5. The van der Waals surface area contributed by atoms with Crippen molar-refractivity contribution in [2.24, 2.45) is 0 Å². The monoisotopic (exact) mass is 514 g/mol. The molecule has 0 atom stereocenters. The Balaban J connectivity index is 1.60. The van der Waals surface area contributed by atoms with Crippen molar-refractivity contribution in [2.75, 3.05) is 5.32 Å². The van der Waals surface area contributed by atoms with Crippen molar-refractivity contribution in [3.05, 3.63) is 96.0 Å². The number of fused-ring (bicyclic) bond motifs is 1. The number of nitrogens with zero attached hydrogens (tertiary/aromatic N) is 4. The van der Waals surface area contributed by atoms with E-state index in [4.69, 9.17) is 0 Å². The summed E-state index contributed by atoms with van der Waals surface area (Å²) in [6, 6.07) is 11.0. The van der Waals surface area contributed by atoms with Gasteiger partial charge in [0.15, 0.2) is 0 Å². The molecular formula is C25H16F6N6. The van der Waals surface area contributed by atoms with Crippen LogP contribution in [0.3, 0.4) is 0 Å². The van der Waals surface area contributed by atoms with Crippen LogP contribution in [0.1, 0.15) is 22.8 Å². The summed E-state index contributed by atoms with van der Waals surface area (Å²) < 4.78 is 79.6. The van der Waals surface area contributed by atoms with Crippen LogP contribution >= 0.6 is 0 Å². The van der Waals surface area contributed by atoms with E-state index in [0.717, 1.165) is 18.2 Å². The first kappa shape index (κ1) is 24.2. The molecule has 0 saturated carbocycles. The van der Waals surface area contributed by atoms with E-state index >= 15 is 0 Å². The zero-order chi connectivity index (χ0) is 26.2. The minimum atomic E-state index is -4.61. The lowest BCUT2D eigenvalue weighted by Gasteiger charge is -2.14. The van der Waals surface area contributed by atoms with Gasteiger partial charge in [-0.2, -0.15) is 26.3 Å². The lowest BCUT2D eigenvalue weighted by Crippen LogP contribution is -2.08. The van der Waals surface area contributed by atoms with Gasteiger partial charge in [-0.15, -0.1) is 0 Å². The summed E-state index contributed by atoms with van der Waals surface area (Å²) in [5, 5.41) is 3.45. The van der Waals surface area contributed by atoms with Crippen LogP contribution in [0.4, 0.5) is 37.8 Å². The molecule has 0 saturated heterocycles. The van der Waals surface area contributed by atoms with Gasteiger partial charge in [-0.3, -0.25) is 4.98 Å². The Morgan fingerprint density at radius 2 is 1.59 bits per heavy atom. The van der Waals surface area contributed by atoms with Crippen molar-refractivity contribution >= 4 is 22.4 Å². The topological polar surface area (TPSA) is 79.4 Å². The second kappa shape index (κ2) is 9.19. The van der Waals surface area contributed by atoms with E-state index in [-0.39, 0.29) is 23.5 Å². The molecule has 37 heavy (non-hydrogen) atoms. The number of H-pyrrole nitrogens is 1. The zero-order valence-electron chi connectivity index (χ0n) is 18.7. The van der Waals surface area contributed by atoms with Gasteiger partial charge in [-0.25, -0.2) is 15.0 Å². The third-order valence-electron chi connectivity index (χ3n) is 5.49. The van der Waals surface area contributed by atoms with Crippen molar-refractivity contribution < 1.29 is 26.3 Å². The highest BCUT2D eigenvalue weighted by Crippen LogP contribution is 2.37. The molecule has 5 rings (SSSR count). The van der Waals surface area contributed by atoms with Crippen molar-refractivity contribution in [1.82, 2.24) is 24.9 Å². The molecule has 0 fully saturated rings. The van der Waals surface area contributed by atoms with E-state index in [0.29, 0.717) is 28.2 Å². The lowest BCUT2D eigenvalue weighted by molar-refractivity contribution is -0.138. The molecule has 3 aromatic heterocycles. The molecule has 0 bridgehead atoms. The molecule has 2 N–H and O–H groups in total. The fourth-order valence-corrected chi connectivity index (χ4v) is 3.79. The van der Waals surface area contributed by atoms with Crippen LogP contribution in [-0.2, 0) is 18.8 Å². The summed E-state index contributed by atoms with van der Waals surface area (Å²) in [5.41, 5.74) is -1.08. The summed E-state index contributed by atoms with van der Waals surface area (Å²) in [7, 11) is 0. The highest BCUT2D eigenvalue weighted by atomic mass is 19.4. The predicted octanol–water partition coefficient (Wildman–Crippen LogP) is 6.79. The van der Waals surface area contributed by atoms with E-state index in [1.165, 1.54) is 36.5 Å². The number of hydrogen-bond donors (Lipinski definition) is 2. The van der Waals surface area contributed by atoms with Gasteiger partial charge in [-0.1, -0.05) is 6.07 Å². The van der Waals surface area contributed by atoms with Gasteiger partial charge in [0, 0.05) is 35.2 Å². The smallest absolute Gasteiger partial charge is 0.348 e. The summed E-state index contributed by atoms with van der Waals surface area (Å²) in [6.07, 6.45) is -4.45. The highest BCUT2D eigenvalue weighted by molar-refractivity contribution is 5.93. The Bertz CT molecular complexity index is 1540. The number of pyridine rings is 1. The van der Waals surface area contributed by atoms with Gasteiger partial charge in [0.1, 0.15) is 17.5 Å². The third-order valence-corrected chi connectivity index (χ3v) is 5.49. The quantitative estimate of drug-likeness (QED) is 0.253. The molecule has 0 amide bonds. The Morgan fingerprint density at radius 1 is 0.811 bits per heavy atom. The molecular weight excluding hydrogens is 498 g/mol. The molecule has 0 spiro atoms. The van der Waals surface area contributed by atoms with E-state index in [2.05, 4.69) is 30.2 Å². The molecule has 0 aliphatic carbocycles. The first-order valence-corrected chi connectivity index (χ1v) is 10.8. The minimum Gasteiger partial charge on any atom is -0.348 e. The lowest BCUT2D eigenvalue weighted by atomic mass is 10.0. The average molecular weight is 514 g/mol. The van der Waals surface area contributed by atoms with Gasteiger partial charge < -0.3 is 10.3 Å². The van der Waals surface area contributed by atoms with Crippen LogP contribution in [0.2, 0.25) is 0 Å². The molecule has 0 radical (unpaired) electrons. The van der Waals surface area contributed by atoms with Crippen LogP contribution in [0, 0.1) is 0 Å². The number of halogens is 6. The van der Waals surface area contributed by atoms with E-state index < -0.39 is 23.5 Å². The van der Waals surface area contributed by atoms with Crippen LogP contribution in [0.15, 0.2) is 73.2 Å². The molecule has 2 aromatic carbocycles. The summed E-state index contributed by atoms with van der Waals surface area (Å²) in [4.78, 5) is 20.0. The molecule has 6 nitrogen and oxygen atoms in total. The van der Waals surface area contributed by atoms with Gasteiger partial charge >= 0.3 is 12.4 Å². The number of imidazole rings is 1. The van der Waals surface area contributed by atoms with Gasteiger partial charge in [0.25, 0.3) is 0 Å². The Hall–Kier alpha value is -4.48. The summed E-state index contributed by atoms with van der Waals surface area (Å²) in [5.74, 6) is 1.13. The van der Waals surface area contributed by atoms with E-state index in [1.807, 2.05) is 0 Å². The number of aromatic amines is 1. The first-order chi connectivity index (χ1) is 17.6. The van der Waals surface area contributed by atoms with Gasteiger partial charge in [0.2, 0.25) is 0 Å². The van der Waals surface area contributed by atoms with Crippen molar-refractivity contribution in [1.29, 1.82) is 0 Å². The van der Waals surface area contributed by atoms with Crippen LogP contribution < -0.4 is 5.32 Å². The number of anilines is 2. The molecule has 3 heterocycles. The summed E-state index contributed by atoms with van der Waals surface area (Å²) in [6.45, 7) is 0. The predicted molar refractivity (Wildman–Crippen MR) is 124 cm³/mol. The number of alkyl halides is 6. The summed E-state index contributed by atoms with van der Waals surface area (Å²) >= 11 is 0. The average Bonchev–Trinajstić information content (AvgIpc) is 3.36. The second-order valence-electron chi connectivity index (χ2n) is 8.03. The Labute approximate surface area is 205 Å². The fraction of sp³-hybridized carbons (Fsp3) is 0.120. The molecule has 188 valence electrons. The largest absolute Gasteiger partial charge is 0.418 e. The Morgan fingerprint density at radius 3 is 2.27 bits per heavy atom. The maximum absolute atomic E-state index is 13.6. The normalized spacial score (nSPS) is 12.2. The van der Waals surface area contributed by atoms with Crippen molar-refractivity contribution in [3.8, 4) is 11.3 Å². The zero-order valence-corrected chi connectivity index (χ0v) is 18.7. The van der Waals surface area contributed by atoms with Crippen LogP contribution in [-0.4, -0.2) is 24.9 Å². The number of benzene rings is 2. The fourth-order valence-electron chi connectivity index (χ4n) is 3.79. The highest BCUT2D eigenvalue weighted by Gasteiger charge is 2.34. The van der Waals surface area contributed by atoms with Gasteiger partial charge in [0.05, 0.1) is 28.8 Å². The number of rotatable bonds is 5. The standard InChI is InChI=1S/C25H16F6N6/c26-24(27,28)15-4-6-16(7-5-15)35-23-17-8-3-14(22-18(25(29,30)31)2-1-9-34-22)12-19(17)36-21(37-23)13-20-32-10-11-33-20/h1-12H,13H2,(H,32,33)(H,35,36,37). The third kappa shape index (κ3) is 5.22. The molecule has 5 aromatic rings. The van der Waals surface area contributed by atoms with Crippen LogP contribution in [0.25, 0.3) is 22.2 Å². The SMILES string of the molecule is FC(F)(F)c1ccc(Nc2nc(Cc3ncc[nH]3)nc3cc(-c4ncccc4C(F)(F)F)ccc23)cc1. The van der Waals surface area contributed by atoms with Gasteiger partial charge in [-0.05, 0) is 48.5 Å². The van der Waals surface area contributed by atoms with Crippen molar-refractivity contribution in [2.45, 2.75) is 18.8 Å². The first-order valence-electron chi connectivity index (χ1n) is 10.8. The molecule has 12 heteroatoms. The van der Waals surface area contributed by atoms with Crippen LogP contribution in [0.5, 0.6) is 0 Å². The molecule has 0 unspecified atom stereocenters. The maximum Gasteiger partial charge on any atom is 0.418 e. The number of nitrogens with one attached hydrogen (secondary N) is 2. The van der Waals surface area contributed by atoms with E-state index in [1.54, 1.807) is 18.5 Å². The maximum atomic E-state index is 13.6. The van der Waals surface area contributed by atoms with Crippen molar-refractivity contribution in [3.63, 3.8) is 0 Å². The second-order valence-corrected chi connectivity index (χ2v) is 8.03. The number of hydrogen-bond acceptors (Lipinski definition) is 5. The van der Waals surface area contributed by atoms with E-state index in [9.17, 15) is 26.3 Å². The molecule has 0 aliphatic rings. The molecule has 0 aliphatic heterocycles.